The molecule has 0 fully saturated rings. The highest BCUT2D eigenvalue weighted by Crippen LogP contribution is 2.46. The second kappa shape index (κ2) is 14.2. The van der Waals surface area contributed by atoms with Gasteiger partial charge in [0.1, 0.15) is 0 Å². The van der Waals surface area contributed by atoms with Crippen LogP contribution in [-0.2, 0) is 0 Å². The Balaban J connectivity index is 1.14. The normalized spacial score (nSPS) is 11.4. The number of benzene rings is 11. The monoisotopic (exact) mass is 734 g/mol. The van der Waals surface area contributed by atoms with Gasteiger partial charge < -0.3 is 0 Å². The predicted molar refractivity (Wildman–Crippen MR) is 249 cm³/mol. The molecular weight excluding hydrogens is 697 g/mol. The first-order chi connectivity index (χ1) is 28.8. The van der Waals surface area contributed by atoms with Gasteiger partial charge in [0.25, 0.3) is 0 Å². The Labute approximate surface area is 339 Å². The molecule has 0 aliphatic rings. The maximum absolute atomic E-state index is 2.44. The molecule has 58 heavy (non-hydrogen) atoms. The van der Waals surface area contributed by atoms with E-state index < -0.39 is 0 Å². The summed E-state index contributed by atoms with van der Waals surface area (Å²) in [7, 11) is 0. The molecule has 0 amide bonds. The van der Waals surface area contributed by atoms with Crippen LogP contribution in [0.25, 0.3) is 110 Å². The summed E-state index contributed by atoms with van der Waals surface area (Å²) in [6.45, 7) is 0. The predicted octanol–water partition coefficient (Wildman–Crippen LogP) is 16.3. The molecule has 0 atom stereocenters. The summed E-state index contributed by atoms with van der Waals surface area (Å²) in [5, 5.41) is 10.0. The third-order valence-corrected chi connectivity index (χ3v) is 11.8. The van der Waals surface area contributed by atoms with E-state index in [9.17, 15) is 0 Å². The van der Waals surface area contributed by atoms with Crippen LogP contribution in [0.15, 0.2) is 231 Å². The summed E-state index contributed by atoms with van der Waals surface area (Å²) in [6.07, 6.45) is 0. The summed E-state index contributed by atoms with van der Waals surface area (Å²) >= 11 is 0. The average Bonchev–Trinajstić information content (AvgIpc) is 3.30. The van der Waals surface area contributed by atoms with Crippen molar-refractivity contribution in [1.29, 1.82) is 0 Å². The van der Waals surface area contributed by atoms with Crippen molar-refractivity contribution in [2.45, 2.75) is 0 Å². The van der Waals surface area contributed by atoms with Gasteiger partial charge in [0.2, 0.25) is 0 Å². The van der Waals surface area contributed by atoms with Crippen LogP contribution in [-0.4, -0.2) is 0 Å². The first-order valence-electron chi connectivity index (χ1n) is 20.1. The fraction of sp³-hybridized carbons (Fsp3) is 0. The second-order valence-corrected chi connectivity index (χ2v) is 15.2. The van der Waals surface area contributed by atoms with Crippen molar-refractivity contribution in [3.63, 3.8) is 0 Å². The highest BCUT2D eigenvalue weighted by Gasteiger charge is 2.18. The number of fused-ring (bicyclic) bond motifs is 4. The fourth-order valence-electron chi connectivity index (χ4n) is 9.09. The molecule has 0 aliphatic carbocycles. The molecule has 0 heteroatoms. The summed E-state index contributed by atoms with van der Waals surface area (Å²) in [5.74, 6) is 0. The Morgan fingerprint density at radius 1 is 0.172 bits per heavy atom. The molecule has 0 bridgehead atoms. The van der Waals surface area contributed by atoms with Crippen LogP contribution in [0.3, 0.4) is 0 Å². The standard InChI is InChI=1S/C58H38/c1-3-15-39(16-4-1)40-29-31-41(32-30-40)44-21-13-22-45(35-44)56-38-48(50-28-14-20-42-17-7-8-23-49(42)50)36-46-33-34-47(37-55(46)56)58-53-26-11-9-24-51(53)57(43-18-5-2-6-19-43)52-25-10-12-27-54(52)58/h1-38H. The smallest absolute Gasteiger partial charge is 0.00261 e. The molecule has 0 saturated carbocycles. The van der Waals surface area contributed by atoms with Crippen LogP contribution in [0, 0.1) is 0 Å². The van der Waals surface area contributed by atoms with E-state index >= 15 is 0 Å². The van der Waals surface area contributed by atoms with Gasteiger partial charge >= 0.3 is 0 Å². The lowest BCUT2D eigenvalue weighted by Gasteiger charge is -2.19. The van der Waals surface area contributed by atoms with E-state index in [2.05, 4.69) is 231 Å². The largest absolute Gasteiger partial charge is 0.0622 e. The van der Waals surface area contributed by atoms with E-state index in [1.807, 2.05) is 0 Å². The Hall–Kier alpha value is -7.54. The maximum Gasteiger partial charge on any atom is -0.00261 e. The highest BCUT2D eigenvalue weighted by molar-refractivity contribution is 6.22. The lowest BCUT2D eigenvalue weighted by atomic mass is 9.84. The third-order valence-electron chi connectivity index (χ3n) is 11.8. The quantitative estimate of drug-likeness (QED) is 0.149. The van der Waals surface area contributed by atoms with Gasteiger partial charge in [0, 0.05) is 0 Å². The van der Waals surface area contributed by atoms with Crippen LogP contribution in [0.4, 0.5) is 0 Å². The lowest BCUT2D eigenvalue weighted by molar-refractivity contribution is 1.58. The highest BCUT2D eigenvalue weighted by atomic mass is 14.2. The first-order valence-corrected chi connectivity index (χ1v) is 20.1. The number of hydrogen-bond donors (Lipinski definition) is 0. The molecule has 0 radical (unpaired) electrons. The molecular formula is C58H38. The maximum atomic E-state index is 2.44. The molecule has 270 valence electrons. The van der Waals surface area contributed by atoms with Gasteiger partial charge in [-0.1, -0.05) is 206 Å². The molecule has 0 aliphatic heterocycles. The molecule has 11 aromatic rings. The Morgan fingerprint density at radius 2 is 0.638 bits per heavy atom. The molecule has 0 N–H and O–H groups in total. The molecule has 11 rings (SSSR count). The van der Waals surface area contributed by atoms with E-state index in [0.717, 1.165) is 0 Å². The minimum atomic E-state index is 1.20. The zero-order valence-corrected chi connectivity index (χ0v) is 31.9. The Kier molecular flexibility index (Phi) is 8.26. The van der Waals surface area contributed by atoms with Crippen molar-refractivity contribution < 1.29 is 0 Å². The van der Waals surface area contributed by atoms with Crippen molar-refractivity contribution in [2.75, 3.05) is 0 Å². The molecule has 0 heterocycles. The summed E-state index contributed by atoms with van der Waals surface area (Å²) in [5.41, 5.74) is 14.7. The van der Waals surface area contributed by atoms with Crippen LogP contribution < -0.4 is 0 Å². The lowest BCUT2D eigenvalue weighted by Crippen LogP contribution is -1.92. The van der Waals surface area contributed by atoms with Crippen molar-refractivity contribution in [1.82, 2.24) is 0 Å². The molecule has 0 saturated heterocycles. The zero-order chi connectivity index (χ0) is 38.4. The van der Waals surface area contributed by atoms with Gasteiger partial charge in [0.05, 0.1) is 0 Å². The zero-order valence-electron chi connectivity index (χ0n) is 31.9. The van der Waals surface area contributed by atoms with Gasteiger partial charge in [0.15, 0.2) is 0 Å². The Morgan fingerprint density at radius 3 is 1.31 bits per heavy atom. The molecule has 0 nitrogen and oxygen atoms in total. The van der Waals surface area contributed by atoms with Crippen LogP contribution in [0.2, 0.25) is 0 Å². The van der Waals surface area contributed by atoms with Gasteiger partial charge in [-0.2, -0.15) is 0 Å². The van der Waals surface area contributed by atoms with Crippen molar-refractivity contribution in [3.05, 3.63) is 231 Å². The van der Waals surface area contributed by atoms with E-state index in [-0.39, 0.29) is 0 Å². The van der Waals surface area contributed by atoms with Gasteiger partial charge in [-0.3, -0.25) is 0 Å². The molecule has 0 aromatic heterocycles. The van der Waals surface area contributed by atoms with Crippen LogP contribution in [0.1, 0.15) is 0 Å². The van der Waals surface area contributed by atoms with E-state index in [0.29, 0.717) is 0 Å². The molecule has 0 spiro atoms. The Bertz CT molecular complexity index is 3240. The van der Waals surface area contributed by atoms with E-state index in [1.54, 1.807) is 0 Å². The van der Waals surface area contributed by atoms with Gasteiger partial charge in [-0.05, 0) is 134 Å². The minimum Gasteiger partial charge on any atom is -0.0622 e. The van der Waals surface area contributed by atoms with Crippen molar-refractivity contribution in [3.8, 4) is 66.8 Å². The number of hydrogen-bond acceptors (Lipinski definition) is 0. The summed E-state index contributed by atoms with van der Waals surface area (Å²) in [4.78, 5) is 0. The first kappa shape index (κ1) is 33.8. The van der Waals surface area contributed by atoms with E-state index in [4.69, 9.17) is 0 Å². The molecule has 0 unspecified atom stereocenters. The second-order valence-electron chi connectivity index (χ2n) is 15.2. The van der Waals surface area contributed by atoms with Crippen LogP contribution in [0.5, 0.6) is 0 Å². The minimum absolute atomic E-state index is 1.20. The average molecular weight is 735 g/mol. The number of rotatable bonds is 6. The molecule has 11 aromatic carbocycles. The van der Waals surface area contributed by atoms with Crippen LogP contribution >= 0.6 is 0 Å². The summed E-state index contributed by atoms with van der Waals surface area (Å²) < 4.78 is 0. The fourth-order valence-corrected chi connectivity index (χ4v) is 9.09. The SMILES string of the molecule is c1ccc(-c2ccc(-c3cccc(-c4cc(-c5cccc6ccccc56)cc5ccc(-c6c7ccccc7c(-c7ccccc7)c7ccccc67)cc45)c3)cc2)cc1. The summed E-state index contributed by atoms with van der Waals surface area (Å²) in [6, 6.07) is 84.6. The van der Waals surface area contributed by atoms with Crippen molar-refractivity contribution >= 4 is 43.1 Å². The van der Waals surface area contributed by atoms with Gasteiger partial charge in [-0.25, -0.2) is 0 Å². The topological polar surface area (TPSA) is 0 Å². The van der Waals surface area contributed by atoms with Gasteiger partial charge in [-0.15, -0.1) is 0 Å². The van der Waals surface area contributed by atoms with E-state index in [1.165, 1.54) is 110 Å². The third kappa shape index (κ3) is 5.86. The van der Waals surface area contributed by atoms with Crippen molar-refractivity contribution in [2.24, 2.45) is 0 Å².